The van der Waals surface area contributed by atoms with Gasteiger partial charge in [-0.15, -0.1) is 0 Å². The van der Waals surface area contributed by atoms with Crippen molar-refractivity contribution in [1.29, 1.82) is 0 Å². The zero-order chi connectivity index (χ0) is 15.0. The van der Waals surface area contributed by atoms with Crippen molar-refractivity contribution in [3.05, 3.63) is 68.9 Å². The van der Waals surface area contributed by atoms with Gasteiger partial charge in [0, 0.05) is 15.4 Å². The van der Waals surface area contributed by atoms with E-state index in [2.05, 4.69) is 0 Å². The van der Waals surface area contributed by atoms with Gasteiger partial charge in [-0.05, 0) is 36.2 Å². The molecule has 21 heavy (non-hydrogen) atoms. The molecule has 5 heteroatoms. The molecule has 1 heterocycles. The molecule has 1 atom stereocenters. The van der Waals surface area contributed by atoms with Gasteiger partial charge in [0.25, 0.3) is 0 Å². The van der Waals surface area contributed by atoms with Gasteiger partial charge >= 0.3 is 0 Å². The average molecular weight is 341 g/mol. The molecule has 0 spiro atoms. The molecule has 3 aromatic rings. The molecule has 0 bridgehead atoms. The van der Waals surface area contributed by atoms with Gasteiger partial charge in [-0.2, -0.15) is 0 Å². The van der Waals surface area contributed by atoms with Gasteiger partial charge in [-0.1, -0.05) is 53.0 Å². The van der Waals surface area contributed by atoms with Crippen molar-refractivity contribution in [3.8, 4) is 0 Å². The maximum absolute atomic E-state index is 6.22. The monoisotopic (exact) mass is 339 g/mol. The van der Waals surface area contributed by atoms with Crippen LogP contribution in [0.3, 0.4) is 0 Å². The summed E-state index contributed by atoms with van der Waals surface area (Å²) in [6.45, 7) is 0. The van der Waals surface area contributed by atoms with E-state index in [1.807, 2.05) is 24.3 Å². The highest BCUT2D eigenvalue weighted by atomic mass is 35.5. The lowest BCUT2D eigenvalue weighted by molar-refractivity contribution is 0.494. The third-order valence-electron chi connectivity index (χ3n) is 3.34. The van der Waals surface area contributed by atoms with Crippen LogP contribution in [0.2, 0.25) is 15.1 Å². The lowest BCUT2D eigenvalue weighted by Crippen LogP contribution is -2.12. The Labute approximate surface area is 137 Å². The quantitative estimate of drug-likeness (QED) is 0.670. The Kier molecular flexibility index (Phi) is 4.14. The second kappa shape index (κ2) is 5.90. The molecule has 0 fully saturated rings. The lowest BCUT2D eigenvalue weighted by Gasteiger charge is -2.10. The second-order valence-electron chi connectivity index (χ2n) is 4.85. The maximum Gasteiger partial charge on any atom is 0.152 e. The highest BCUT2D eigenvalue weighted by Crippen LogP contribution is 2.31. The number of hydrogen-bond acceptors (Lipinski definition) is 2. The number of nitrogens with two attached hydrogens (primary N) is 1. The molecular weight excluding hydrogens is 329 g/mol. The van der Waals surface area contributed by atoms with Crippen LogP contribution in [0.5, 0.6) is 0 Å². The summed E-state index contributed by atoms with van der Waals surface area (Å²) in [6.07, 6.45) is 0.563. The molecule has 0 saturated heterocycles. The topological polar surface area (TPSA) is 39.2 Å². The summed E-state index contributed by atoms with van der Waals surface area (Å²) in [7, 11) is 0. The average Bonchev–Trinajstić information content (AvgIpc) is 2.87. The van der Waals surface area contributed by atoms with Crippen LogP contribution in [0.15, 0.2) is 46.9 Å². The van der Waals surface area contributed by atoms with Crippen LogP contribution in [0.25, 0.3) is 11.0 Å². The second-order valence-corrected chi connectivity index (χ2v) is 6.10. The first-order valence-electron chi connectivity index (χ1n) is 6.42. The highest BCUT2D eigenvalue weighted by Gasteiger charge is 2.15. The Balaban J connectivity index is 1.90. The number of rotatable bonds is 3. The van der Waals surface area contributed by atoms with E-state index in [-0.39, 0.29) is 6.04 Å². The van der Waals surface area contributed by atoms with Crippen molar-refractivity contribution in [3.63, 3.8) is 0 Å². The van der Waals surface area contributed by atoms with Crippen molar-refractivity contribution < 1.29 is 4.42 Å². The molecule has 3 rings (SSSR count). The summed E-state index contributed by atoms with van der Waals surface area (Å²) < 4.78 is 5.77. The van der Waals surface area contributed by atoms with E-state index in [9.17, 15) is 0 Å². The largest absolute Gasteiger partial charge is 0.458 e. The van der Waals surface area contributed by atoms with Gasteiger partial charge in [0.2, 0.25) is 0 Å². The number of fused-ring (bicyclic) bond motifs is 1. The van der Waals surface area contributed by atoms with Gasteiger partial charge in [0.05, 0.1) is 11.1 Å². The van der Waals surface area contributed by atoms with E-state index in [1.165, 1.54) is 0 Å². The molecule has 2 aromatic carbocycles. The molecule has 0 aliphatic heterocycles. The number of benzene rings is 2. The minimum atomic E-state index is -0.299. The number of halogens is 3. The Morgan fingerprint density at radius 2 is 1.81 bits per heavy atom. The van der Waals surface area contributed by atoms with Crippen LogP contribution in [0.1, 0.15) is 17.4 Å². The van der Waals surface area contributed by atoms with Gasteiger partial charge in [-0.25, -0.2) is 0 Å². The van der Waals surface area contributed by atoms with Crippen molar-refractivity contribution in [2.45, 2.75) is 12.5 Å². The molecule has 0 amide bonds. The zero-order valence-corrected chi connectivity index (χ0v) is 13.2. The molecule has 2 nitrogen and oxygen atoms in total. The fraction of sp³-hybridized carbons (Fsp3) is 0.125. The normalized spacial score (nSPS) is 12.8. The molecule has 2 N–H and O–H groups in total. The predicted octanol–water partition coefficient (Wildman–Crippen LogP) is 5.64. The summed E-state index contributed by atoms with van der Waals surface area (Å²) >= 11 is 18.2. The Morgan fingerprint density at radius 3 is 2.52 bits per heavy atom. The first kappa shape index (κ1) is 14.7. The smallest absolute Gasteiger partial charge is 0.152 e. The molecule has 0 aliphatic rings. The lowest BCUT2D eigenvalue weighted by atomic mass is 10.0. The Bertz CT molecular complexity index is 797. The van der Waals surface area contributed by atoms with Crippen LogP contribution in [-0.2, 0) is 6.42 Å². The zero-order valence-electron chi connectivity index (χ0n) is 10.9. The first-order chi connectivity index (χ1) is 10.0. The molecule has 1 unspecified atom stereocenters. The van der Waals surface area contributed by atoms with Crippen LogP contribution in [-0.4, -0.2) is 0 Å². The summed E-state index contributed by atoms with van der Waals surface area (Å²) in [5, 5.41) is 2.73. The van der Waals surface area contributed by atoms with Crippen molar-refractivity contribution in [2.75, 3.05) is 0 Å². The summed E-state index contributed by atoms with van der Waals surface area (Å²) in [4.78, 5) is 0. The molecule has 108 valence electrons. The molecule has 0 radical (unpaired) electrons. The molecular formula is C16H12Cl3NO. The van der Waals surface area contributed by atoms with Crippen LogP contribution < -0.4 is 5.73 Å². The van der Waals surface area contributed by atoms with Gasteiger partial charge in [0.15, 0.2) is 5.58 Å². The minimum absolute atomic E-state index is 0.299. The van der Waals surface area contributed by atoms with Crippen LogP contribution in [0, 0.1) is 0 Å². The Hall–Kier alpha value is -1.19. The van der Waals surface area contributed by atoms with E-state index >= 15 is 0 Å². The van der Waals surface area contributed by atoms with Gasteiger partial charge < -0.3 is 10.2 Å². The maximum atomic E-state index is 6.22. The fourth-order valence-electron chi connectivity index (χ4n) is 2.25. The SMILES string of the molecule is NC(Cc1ccc(Cl)cc1Cl)c1cc2cccc(Cl)c2o1. The number of para-hydroxylation sites is 1. The summed E-state index contributed by atoms with van der Waals surface area (Å²) in [5.41, 5.74) is 7.81. The van der Waals surface area contributed by atoms with E-state index in [4.69, 9.17) is 45.0 Å². The first-order valence-corrected chi connectivity index (χ1v) is 7.55. The van der Waals surface area contributed by atoms with Gasteiger partial charge in [0.1, 0.15) is 5.76 Å². The van der Waals surface area contributed by atoms with Crippen LogP contribution in [0.4, 0.5) is 0 Å². The van der Waals surface area contributed by atoms with E-state index in [1.54, 1.807) is 18.2 Å². The minimum Gasteiger partial charge on any atom is -0.458 e. The number of hydrogen-bond donors (Lipinski definition) is 1. The number of furan rings is 1. The standard InChI is InChI=1S/C16H12Cl3NO/c17-11-5-4-9(13(19)8-11)6-14(20)15-7-10-2-1-3-12(18)16(10)21-15/h1-5,7-8,14H,6,20H2. The van der Waals surface area contributed by atoms with E-state index in [0.717, 1.165) is 10.9 Å². The van der Waals surface area contributed by atoms with Crippen molar-refractivity contribution in [1.82, 2.24) is 0 Å². The van der Waals surface area contributed by atoms with Crippen molar-refractivity contribution >= 4 is 45.8 Å². The Morgan fingerprint density at radius 1 is 1.00 bits per heavy atom. The van der Waals surface area contributed by atoms with Crippen LogP contribution >= 0.6 is 34.8 Å². The van der Waals surface area contributed by atoms with E-state index in [0.29, 0.717) is 32.8 Å². The molecule has 0 saturated carbocycles. The summed E-state index contributed by atoms with van der Waals surface area (Å²) in [5.74, 6) is 0.684. The highest BCUT2D eigenvalue weighted by molar-refractivity contribution is 6.35. The fourth-order valence-corrected chi connectivity index (χ4v) is 2.96. The summed E-state index contributed by atoms with van der Waals surface area (Å²) in [6, 6.07) is 12.6. The third kappa shape index (κ3) is 3.04. The van der Waals surface area contributed by atoms with Gasteiger partial charge in [-0.3, -0.25) is 0 Å². The predicted molar refractivity (Wildman–Crippen MR) is 88.3 cm³/mol. The molecule has 1 aromatic heterocycles. The molecule has 0 aliphatic carbocycles. The van der Waals surface area contributed by atoms with E-state index < -0.39 is 0 Å². The third-order valence-corrected chi connectivity index (χ3v) is 4.22. The van der Waals surface area contributed by atoms with Crippen molar-refractivity contribution in [2.24, 2.45) is 5.73 Å².